The van der Waals surface area contributed by atoms with Gasteiger partial charge in [-0.3, -0.25) is 9.10 Å². The second-order valence-corrected chi connectivity index (χ2v) is 10.2. The van der Waals surface area contributed by atoms with Crippen LogP contribution in [0.2, 0.25) is 5.02 Å². The smallest absolute Gasteiger partial charge is 0.264 e. The molecular formula is C25H26ClN3O3S. The zero-order valence-corrected chi connectivity index (χ0v) is 20.5. The van der Waals surface area contributed by atoms with Crippen molar-refractivity contribution in [1.29, 1.82) is 0 Å². The fraction of sp³-hybridized carbons (Fsp3) is 0.200. The summed E-state index contributed by atoms with van der Waals surface area (Å²) in [5, 5.41) is 4.63. The lowest BCUT2D eigenvalue weighted by Crippen LogP contribution is -2.40. The van der Waals surface area contributed by atoms with Gasteiger partial charge in [0.25, 0.3) is 15.9 Å². The van der Waals surface area contributed by atoms with Gasteiger partial charge in [-0.15, -0.1) is 0 Å². The van der Waals surface area contributed by atoms with Gasteiger partial charge in [0.05, 0.1) is 16.3 Å². The van der Waals surface area contributed by atoms with E-state index in [0.717, 1.165) is 21.0 Å². The molecule has 1 N–H and O–H groups in total. The van der Waals surface area contributed by atoms with Gasteiger partial charge in [0.1, 0.15) is 6.54 Å². The first-order valence-electron chi connectivity index (χ1n) is 10.3. The van der Waals surface area contributed by atoms with Crippen LogP contribution in [0.5, 0.6) is 0 Å². The van der Waals surface area contributed by atoms with Crippen LogP contribution in [-0.2, 0) is 14.8 Å². The lowest BCUT2D eigenvalue weighted by Gasteiger charge is -2.25. The maximum atomic E-state index is 13.5. The summed E-state index contributed by atoms with van der Waals surface area (Å²) in [6.45, 7) is 6.94. The normalized spacial score (nSPS) is 11.8. The summed E-state index contributed by atoms with van der Waals surface area (Å²) in [7, 11) is -4.02. The van der Waals surface area contributed by atoms with Gasteiger partial charge in [-0.05, 0) is 69.2 Å². The Morgan fingerprint density at radius 1 is 0.939 bits per heavy atom. The molecule has 33 heavy (non-hydrogen) atoms. The van der Waals surface area contributed by atoms with Crippen LogP contribution in [0.1, 0.15) is 29.2 Å². The van der Waals surface area contributed by atoms with Crippen LogP contribution < -0.4 is 9.73 Å². The van der Waals surface area contributed by atoms with Crippen LogP contribution in [0.4, 0.5) is 5.69 Å². The fourth-order valence-corrected chi connectivity index (χ4v) is 4.92. The molecule has 0 saturated carbocycles. The monoisotopic (exact) mass is 483 g/mol. The molecule has 0 heterocycles. The maximum Gasteiger partial charge on any atom is 0.264 e. The van der Waals surface area contributed by atoms with Crippen LogP contribution in [0.25, 0.3) is 0 Å². The van der Waals surface area contributed by atoms with Gasteiger partial charge in [-0.1, -0.05) is 59.1 Å². The number of nitrogens with zero attached hydrogens (tertiary/aromatic N) is 2. The van der Waals surface area contributed by atoms with E-state index in [0.29, 0.717) is 22.0 Å². The molecule has 0 unspecified atom stereocenters. The summed E-state index contributed by atoms with van der Waals surface area (Å²) in [5.41, 5.74) is 6.99. The Morgan fingerprint density at radius 2 is 1.52 bits per heavy atom. The predicted octanol–water partition coefficient (Wildman–Crippen LogP) is 5.00. The summed E-state index contributed by atoms with van der Waals surface area (Å²) < 4.78 is 28.0. The van der Waals surface area contributed by atoms with E-state index < -0.39 is 22.5 Å². The highest BCUT2D eigenvalue weighted by Crippen LogP contribution is 2.29. The molecule has 3 aromatic rings. The molecule has 8 heteroatoms. The molecule has 0 atom stereocenters. The Balaban J connectivity index is 1.91. The molecule has 3 aromatic carbocycles. The lowest BCUT2D eigenvalue weighted by atomic mass is 10.1. The zero-order chi connectivity index (χ0) is 24.2. The Hall–Kier alpha value is -3.16. The number of sulfonamides is 1. The standard InChI is InChI=1S/C25H26ClN3O3S/c1-17-5-9-21(10-6-17)20(4)27-28-25(30)16-29(24-14-11-22(26)15-19(24)3)33(31,32)23-12-7-18(2)8-13-23/h5-15H,16H2,1-4H3,(H,28,30)/b27-20+. The molecule has 0 aliphatic rings. The summed E-state index contributed by atoms with van der Waals surface area (Å²) in [6.07, 6.45) is 0. The second-order valence-electron chi connectivity index (χ2n) is 7.85. The maximum absolute atomic E-state index is 13.5. The van der Waals surface area contributed by atoms with Crippen LogP contribution in [0, 0.1) is 20.8 Å². The number of aryl methyl sites for hydroxylation is 3. The molecule has 0 saturated heterocycles. The first-order chi connectivity index (χ1) is 15.6. The van der Waals surface area contributed by atoms with E-state index in [1.165, 1.54) is 12.1 Å². The molecule has 6 nitrogen and oxygen atoms in total. The number of rotatable bonds is 7. The number of carbonyl (C=O) groups excluding carboxylic acids is 1. The van der Waals surface area contributed by atoms with E-state index in [9.17, 15) is 13.2 Å². The first kappa shape index (κ1) is 24.5. The molecule has 0 bridgehead atoms. The van der Waals surface area contributed by atoms with Crippen molar-refractivity contribution in [3.05, 3.63) is 94.0 Å². The topological polar surface area (TPSA) is 78.8 Å². The molecule has 0 spiro atoms. The van der Waals surface area contributed by atoms with Gasteiger partial charge < -0.3 is 0 Å². The van der Waals surface area contributed by atoms with Crippen molar-refractivity contribution in [3.8, 4) is 0 Å². The van der Waals surface area contributed by atoms with E-state index in [2.05, 4.69) is 10.5 Å². The highest BCUT2D eigenvalue weighted by molar-refractivity contribution is 7.92. The van der Waals surface area contributed by atoms with E-state index in [1.54, 1.807) is 44.2 Å². The Kier molecular flexibility index (Phi) is 7.56. The van der Waals surface area contributed by atoms with Gasteiger partial charge in [0.2, 0.25) is 0 Å². The number of benzene rings is 3. The summed E-state index contributed by atoms with van der Waals surface area (Å²) in [6, 6.07) is 19.1. The Morgan fingerprint density at radius 3 is 2.09 bits per heavy atom. The molecule has 0 fully saturated rings. The second kappa shape index (κ2) is 10.2. The van der Waals surface area contributed by atoms with Crippen LogP contribution in [0.15, 0.2) is 76.7 Å². The van der Waals surface area contributed by atoms with Crippen LogP contribution in [-0.4, -0.2) is 26.6 Å². The molecule has 1 amide bonds. The number of anilines is 1. The molecule has 0 aliphatic carbocycles. The third kappa shape index (κ3) is 6.00. The number of halogens is 1. The van der Waals surface area contributed by atoms with E-state index in [-0.39, 0.29) is 4.90 Å². The van der Waals surface area contributed by atoms with Crippen LogP contribution in [0.3, 0.4) is 0 Å². The third-order valence-electron chi connectivity index (χ3n) is 5.14. The summed E-state index contributed by atoms with van der Waals surface area (Å²) >= 11 is 6.06. The lowest BCUT2D eigenvalue weighted by molar-refractivity contribution is -0.119. The van der Waals surface area contributed by atoms with E-state index >= 15 is 0 Å². The minimum absolute atomic E-state index is 0.0922. The minimum atomic E-state index is -4.02. The van der Waals surface area contributed by atoms with Crippen molar-refractivity contribution in [2.75, 3.05) is 10.8 Å². The average Bonchev–Trinajstić information content (AvgIpc) is 2.77. The number of hydrogen-bond donors (Lipinski definition) is 1. The summed E-state index contributed by atoms with van der Waals surface area (Å²) in [4.78, 5) is 12.9. The van der Waals surface area contributed by atoms with Crippen molar-refractivity contribution in [2.24, 2.45) is 5.10 Å². The van der Waals surface area contributed by atoms with Gasteiger partial charge in [-0.25, -0.2) is 13.8 Å². The van der Waals surface area contributed by atoms with Crippen molar-refractivity contribution >= 4 is 38.9 Å². The number of carbonyl (C=O) groups is 1. The quantitative estimate of drug-likeness (QED) is 0.379. The van der Waals surface area contributed by atoms with Crippen molar-refractivity contribution in [1.82, 2.24) is 5.43 Å². The summed E-state index contributed by atoms with van der Waals surface area (Å²) in [5.74, 6) is -0.563. The van der Waals surface area contributed by atoms with Gasteiger partial charge in [0.15, 0.2) is 0 Å². The van der Waals surface area contributed by atoms with Gasteiger partial charge >= 0.3 is 0 Å². The fourth-order valence-electron chi connectivity index (χ4n) is 3.21. The zero-order valence-electron chi connectivity index (χ0n) is 19.0. The largest absolute Gasteiger partial charge is 0.271 e. The highest BCUT2D eigenvalue weighted by Gasteiger charge is 2.28. The predicted molar refractivity (Wildman–Crippen MR) is 133 cm³/mol. The van der Waals surface area contributed by atoms with Crippen molar-refractivity contribution in [2.45, 2.75) is 32.6 Å². The van der Waals surface area contributed by atoms with Gasteiger partial charge in [0, 0.05) is 5.02 Å². The Bertz CT molecular complexity index is 1290. The molecule has 172 valence electrons. The number of amides is 1. The SMILES string of the molecule is C/C(=N\NC(=O)CN(c1ccc(Cl)cc1C)S(=O)(=O)c1ccc(C)cc1)c1ccc(C)cc1. The first-order valence-corrected chi connectivity index (χ1v) is 12.2. The minimum Gasteiger partial charge on any atom is -0.271 e. The molecule has 0 aromatic heterocycles. The number of nitrogens with one attached hydrogen (secondary N) is 1. The van der Waals surface area contributed by atoms with E-state index in [1.807, 2.05) is 38.1 Å². The number of hydrazone groups is 1. The van der Waals surface area contributed by atoms with Crippen molar-refractivity contribution < 1.29 is 13.2 Å². The van der Waals surface area contributed by atoms with Gasteiger partial charge in [-0.2, -0.15) is 5.10 Å². The molecule has 3 rings (SSSR count). The Labute approximate surface area is 200 Å². The van der Waals surface area contributed by atoms with Crippen molar-refractivity contribution in [3.63, 3.8) is 0 Å². The molecular weight excluding hydrogens is 458 g/mol. The third-order valence-corrected chi connectivity index (χ3v) is 7.15. The number of hydrogen-bond acceptors (Lipinski definition) is 4. The highest BCUT2D eigenvalue weighted by atomic mass is 35.5. The van der Waals surface area contributed by atoms with E-state index in [4.69, 9.17) is 11.6 Å². The van der Waals surface area contributed by atoms with Crippen LogP contribution >= 0.6 is 11.6 Å². The molecule has 0 aliphatic heterocycles. The molecule has 0 radical (unpaired) electrons. The average molecular weight is 484 g/mol.